The van der Waals surface area contributed by atoms with Crippen molar-refractivity contribution in [2.75, 3.05) is 0 Å². The van der Waals surface area contributed by atoms with Gasteiger partial charge in [-0.3, -0.25) is 0 Å². The summed E-state index contributed by atoms with van der Waals surface area (Å²) in [5, 5.41) is 2.34. The molecule has 1 atom stereocenters. The van der Waals surface area contributed by atoms with Crippen LogP contribution in [0.5, 0.6) is 0 Å². The van der Waals surface area contributed by atoms with Crippen molar-refractivity contribution < 1.29 is 18.7 Å². The molecule has 0 aliphatic heterocycles. The SMILES string of the molecule is Cc1ccc(F)c(C(C=O)NC(=O)OC(C)(C)C)c1. The first-order valence-corrected chi connectivity index (χ1v) is 5.94. The molecule has 1 rings (SSSR count). The zero-order valence-corrected chi connectivity index (χ0v) is 11.5. The van der Waals surface area contributed by atoms with Crippen LogP contribution in [0.15, 0.2) is 18.2 Å². The van der Waals surface area contributed by atoms with Gasteiger partial charge < -0.3 is 14.8 Å². The Labute approximate surface area is 112 Å². The molecule has 0 fully saturated rings. The zero-order valence-electron chi connectivity index (χ0n) is 11.5. The van der Waals surface area contributed by atoms with E-state index >= 15 is 0 Å². The summed E-state index contributed by atoms with van der Waals surface area (Å²) in [5.41, 5.74) is 0.248. The Hall–Kier alpha value is -1.91. The normalized spacial score (nSPS) is 12.7. The lowest BCUT2D eigenvalue weighted by Crippen LogP contribution is -2.35. The number of carbonyl (C=O) groups is 2. The van der Waals surface area contributed by atoms with Gasteiger partial charge in [-0.2, -0.15) is 0 Å². The predicted octanol–water partition coefficient (Wildman–Crippen LogP) is 2.90. The van der Waals surface area contributed by atoms with Gasteiger partial charge in [0, 0.05) is 5.56 Å². The van der Waals surface area contributed by atoms with E-state index in [0.717, 1.165) is 5.56 Å². The van der Waals surface area contributed by atoms with E-state index in [1.807, 2.05) is 0 Å². The lowest BCUT2D eigenvalue weighted by molar-refractivity contribution is -0.109. The van der Waals surface area contributed by atoms with Gasteiger partial charge in [-0.15, -0.1) is 0 Å². The van der Waals surface area contributed by atoms with Crippen LogP contribution in [0.3, 0.4) is 0 Å². The van der Waals surface area contributed by atoms with E-state index in [1.165, 1.54) is 12.1 Å². The highest BCUT2D eigenvalue weighted by Gasteiger charge is 2.22. The Morgan fingerprint density at radius 1 is 1.42 bits per heavy atom. The Morgan fingerprint density at radius 2 is 2.05 bits per heavy atom. The summed E-state index contributed by atoms with van der Waals surface area (Å²) in [4.78, 5) is 22.6. The predicted molar refractivity (Wildman–Crippen MR) is 69.3 cm³/mol. The summed E-state index contributed by atoms with van der Waals surface area (Å²) >= 11 is 0. The molecule has 5 heteroatoms. The molecule has 0 aliphatic rings. The average Bonchev–Trinajstić information content (AvgIpc) is 2.27. The number of aldehydes is 1. The molecule has 1 aromatic rings. The monoisotopic (exact) mass is 267 g/mol. The minimum absolute atomic E-state index is 0.126. The molecule has 0 radical (unpaired) electrons. The van der Waals surface area contributed by atoms with Crippen molar-refractivity contribution in [1.29, 1.82) is 0 Å². The van der Waals surface area contributed by atoms with Gasteiger partial charge in [0.2, 0.25) is 0 Å². The van der Waals surface area contributed by atoms with Crippen molar-refractivity contribution >= 4 is 12.4 Å². The third kappa shape index (κ3) is 4.69. The Balaban J connectivity index is 2.87. The van der Waals surface area contributed by atoms with Crippen LogP contribution < -0.4 is 5.32 Å². The third-order valence-corrected chi connectivity index (χ3v) is 2.29. The highest BCUT2D eigenvalue weighted by molar-refractivity contribution is 5.74. The van der Waals surface area contributed by atoms with Gasteiger partial charge in [-0.1, -0.05) is 17.7 Å². The van der Waals surface area contributed by atoms with Crippen LogP contribution >= 0.6 is 0 Å². The van der Waals surface area contributed by atoms with Gasteiger partial charge in [0.15, 0.2) is 0 Å². The van der Waals surface area contributed by atoms with Crippen molar-refractivity contribution in [2.45, 2.75) is 39.3 Å². The lowest BCUT2D eigenvalue weighted by atomic mass is 10.0. The van der Waals surface area contributed by atoms with Crippen LogP contribution in [0, 0.1) is 12.7 Å². The number of aryl methyl sites for hydroxylation is 1. The minimum atomic E-state index is -1.06. The number of amides is 1. The Kier molecular flexibility index (Phi) is 4.64. The summed E-state index contributed by atoms with van der Waals surface area (Å²) in [6, 6.07) is 3.31. The molecule has 0 aliphatic carbocycles. The molecule has 0 saturated carbocycles. The van der Waals surface area contributed by atoms with Crippen molar-refractivity contribution in [2.24, 2.45) is 0 Å². The van der Waals surface area contributed by atoms with Crippen LogP contribution in [-0.2, 0) is 9.53 Å². The summed E-state index contributed by atoms with van der Waals surface area (Å²) in [6.07, 6.45) is -0.285. The standard InChI is InChI=1S/C14H18FNO3/c1-9-5-6-11(15)10(7-9)12(8-17)16-13(18)19-14(2,3)4/h5-8,12H,1-4H3,(H,16,18). The topological polar surface area (TPSA) is 55.4 Å². The van der Waals surface area contributed by atoms with Gasteiger partial charge in [0.25, 0.3) is 0 Å². The zero-order chi connectivity index (χ0) is 14.6. The number of rotatable bonds is 3. The lowest BCUT2D eigenvalue weighted by Gasteiger charge is -2.22. The van der Waals surface area contributed by atoms with E-state index in [2.05, 4.69) is 5.32 Å². The van der Waals surface area contributed by atoms with E-state index in [9.17, 15) is 14.0 Å². The fourth-order valence-corrected chi connectivity index (χ4v) is 1.52. The van der Waals surface area contributed by atoms with Gasteiger partial charge in [-0.05, 0) is 33.8 Å². The van der Waals surface area contributed by atoms with Crippen molar-refractivity contribution in [3.8, 4) is 0 Å². The number of alkyl carbamates (subject to hydrolysis) is 1. The molecule has 19 heavy (non-hydrogen) atoms. The number of ether oxygens (including phenoxy) is 1. The second kappa shape index (κ2) is 5.82. The maximum absolute atomic E-state index is 13.6. The molecule has 104 valence electrons. The molecule has 0 heterocycles. The van der Waals surface area contributed by atoms with E-state index < -0.39 is 23.6 Å². The van der Waals surface area contributed by atoms with Gasteiger partial charge >= 0.3 is 6.09 Å². The van der Waals surface area contributed by atoms with Crippen LogP contribution in [0.2, 0.25) is 0 Å². The first-order valence-electron chi connectivity index (χ1n) is 5.94. The fraction of sp³-hybridized carbons (Fsp3) is 0.429. The van der Waals surface area contributed by atoms with E-state index in [0.29, 0.717) is 6.29 Å². The number of benzene rings is 1. The second-order valence-electron chi connectivity index (χ2n) is 5.28. The van der Waals surface area contributed by atoms with Crippen LogP contribution in [0.4, 0.5) is 9.18 Å². The quantitative estimate of drug-likeness (QED) is 0.857. The number of carbonyl (C=O) groups excluding carboxylic acids is 2. The van der Waals surface area contributed by atoms with E-state index in [-0.39, 0.29) is 5.56 Å². The van der Waals surface area contributed by atoms with E-state index in [4.69, 9.17) is 4.74 Å². The number of hydrogen-bond donors (Lipinski definition) is 1. The average molecular weight is 267 g/mol. The number of nitrogens with one attached hydrogen (secondary N) is 1. The molecular weight excluding hydrogens is 249 g/mol. The van der Waals surface area contributed by atoms with Gasteiger partial charge in [0.05, 0.1) is 0 Å². The molecular formula is C14H18FNO3. The second-order valence-corrected chi connectivity index (χ2v) is 5.28. The highest BCUT2D eigenvalue weighted by Crippen LogP contribution is 2.18. The van der Waals surface area contributed by atoms with Crippen LogP contribution in [0.25, 0.3) is 0 Å². The molecule has 1 unspecified atom stereocenters. The maximum Gasteiger partial charge on any atom is 0.408 e. The summed E-state index contributed by atoms with van der Waals surface area (Å²) in [7, 11) is 0. The molecule has 1 amide bonds. The van der Waals surface area contributed by atoms with E-state index in [1.54, 1.807) is 33.8 Å². The summed E-state index contributed by atoms with van der Waals surface area (Å²) < 4.78 is 18.7. The molecule has 0 bridgehead atoms. The summed E-state index contributed by atoms with van der Waals surface area (Å²) in [6.45, 7) is 6.89. The molecule has 0 spiro atoms. The third-order valence-electron chi connectivity index (χ3n) is 2.29. The molecule has 0 aromatic heterocycles. The first kappa shape index (κ1) is 15.1. The highest BCUT2D eigenvalue weighted by atomic mass is 19.1. The first-order chi connectivity index (χ1) is 8.73. The molecule has 1 aromatic carbocycles. The smallest absolute Gasteiger partial charge is 0.408 e. The Morgan fingerprint density at radius 3 is 2.58 bits per heavy atom. The molecule has 1 N–H and O–H groups in total. The number of halogens is 1. The van der Waals surface area contributed by atoms with Crippen molar-refractivity contribution in [3.05, 3.63) is 35.1 Å². The minimum Gasteiger partial charge on any atom is -0.444 e. The van der Waals surface area contributed by atoms with Crippen LogP contribution in [-0.4, -0.2) is 18.0 Å². The van der Waals surface area contributed by atoms with Crippen molar-refractivity contribution in [1.82, 2.24) is 5.32 Å². The van der Waals surface area contributed by atoms with Gasteiger partial charge in [-0.25, -0.2) is 9.18 Å². The maximum atomic E-state index is 13.6. The van der Waals surface area contributed by atoms with Gasteiger partial charge in [0.1, 0.15) is 23.7 Å². The van der Waals surface area contributed by atoms with Crippen LogP contribution in [0.1, 0.15) is 37.9 Å². The summed E-state index contributed by atoms with van der Waals surface area (Å²) in [5.74, 6) is -0.543. The largest absolute Gasteiger partial charge is 0.444 e. The fourth-order valence-electron chi connectivity index (χ4n) is 1.52. The Bertz CT molecular complexity index is 480. The molecule has 4 nitrogen and oxygen atoms in total. The van der Waals surface area contributed by atoms with Crippen molar-refractivity contribution in [3.63, 3.8) is 0 Å². The molecule has 0 saturated heterocycles. The number of hydrogen-bond acceptors (Lipinski definition) is 3.